The van der Waals surface area contributed by atoms with Gasteiger partial charge >= 0.3 is 0 Å². The second-order valence-electron chi connectivity index (χ2n) is 7.33. The molecule has 0 saturated heterocycles. The van der Waals surface area contributed by atoms with Crippen molar-refractivity contribution in [3.63, 3.8) is 0 Å². The summed E-state index contributed by atoms with van der Waals surface area (Å²) in [4.78, 5) is 13.7. The van der Waals surface area contributed by atoms with Crippen LogP contribution in [-0.4, -0.2) is 23.4 Å². The molecule has 2 aromatic heterocycles. The van der Waals surface area contributed by atoms with E-state index < -0.39 is 10.0 Å². The summed E-state index contributed by atoms with van der Waals surface area (Å²) in [5, 5.41) is 4.14. The molecule has 32 heavy (non-hydrogen) atoms. The normalized spacial score (nSPS) is 11.5. The topological polar surface area (TPSA) is 96.9 Å². The first kappa shape index (κ1) is 19.9. The van der Waals surface area contributed by atoms with E-state index in [-0.39, 0.29) is 10.7 Å². The van der Waals surface area contributed by atoms with Gasteiger partial charge in [0.05, 0.1) is 21.4 Å². The summed E-state index contributed by atoms with van der Waals surface area (Å²) in [6, 6.07) is 23.4. The first-order valence-corrected chi connectivity index (χ1v) is 11.4. The van der Waals surface area contributed by atoms with E-state index >= 15 is 0 Å². The smallest absolute Gasteiger partial charge is 0.263 e. The molecule has 0 aliphatic heterocycles. The predicted octanol–water partition coefficient (Wildman–Crippen LogP) is 5.03. The first-order valence-electron chi connectivity index (χ1n) is 9.97. The zero-order valence-electron chi connectivity index (χ0n) is 17.1. The molecule has 2 N–H and O–H groups in total. The number of nitrogens with zero attached hydrogens (tertiary/aromatic N) is 3. The molecule has 158 valence electrons. The van der Waals surface area contributed by atoms with Gasteiger partial charge in [0, 0.05) is 17.3 Å². The van der Waals surface area contributed by atoms with Crippen molar-refractivity contribution < 1.29 is 8.42 Å². The van der Waals surface area contributed by atoms with Gasteiger partial charge in [0.15, 0.2) is 11.6 Å². The van der Waals surface area contributed by atoms with E-state index in [1.807, 2.05) is 55.5 Å². The standard InChI is InChI=1S/C24H19N5O2S/c1-16-11-13-17(14-12-16)32(30,31)29-24-23(27-21-7-2-3-8-22(21)28-24)26-20-10-4-9-19-18(20)6-5-15-25-19/h2-15H,1H3,(H,26,27)(H,28,29). The Bertz CT molecular complexity index is 1550. The van der Waals surface area contributed by atoms with Crippen molar-refractivity contribution >= 4 is 49.3 Å². The van der Waals surface area contributed by atoms with Gasteiger partial charge in [-0.25, -0.2) is 18.4 Å². The predicted molar refractivity (Wildman–Crippen MR) is 127 cm³/mol. The molecule has 0 amide bonds. The van der Waals surface area contributed by atoms with Crippen molar-refractivity contribution in [2.75, 3.05) is 10.0 Å². The second kappa shape index (κ2) is 7.90. The highest BCUT2D eigenvalue weighted by Crippen LogP contribution is 2.30. The molecular weight excluding hydrogens is 422 g/mol. The summed E-state index contributed by atoms with van der Waals surface area (Å²) in [6.07, 6.45) is 1.73. The van der Waals surface area contributed by atoms with Crippen LogP contribution in [0.5, 0.6) is 0 Å². The number of sulfonamides is 1. The number of anilines is 3. The third-order valence-electron chi connectivity index (χ3n) is 5.03. The Morgan fingerprint density at radius 1 is 0.719 bits per heavy atom. The fraction of sp³-hybridized carbons (Fsp3) is 0.0417. The zero-order valence-corrected chi connectivity index (χ0v) is 18.0. The molecule has 8 heteroatoms. The van der Waals surface area contributed by atoms with Crippen LogP contribution >= 0.6 is 0 Å². The summed E-state index contributed by atoms with van der Waals surface area (Å²) >= 11 is 0. The Kier molecular flexibility index (Phi) is 4.91. The Balaban J connectivity index is 1.61. The number of pyridine rings is 1. The van der Waals surface area contributed by atoms with E-state index in [4.69, 9.17) is 0 Å². The lowest BCUT2D eigenvalue weighted by atomic mass is 10.2. The quantitative estimate of drug-likeness (QED) is 0.397. The number of hydrogen-bond donors (Lipinski definition) is 2. The minimum absolute atomic E-state index is 0.116. The van der Waals surface area contributed by atoms with Crippen molar-refractivity contribution in [3.8, 4) is 0 Å². The number of nitrogens with one attached hydrogen (secondary N) is 2. The number of aryl methyl sites for hydroxylation is 1. The molecule has 0 unspecified atom stereocenters. The molecule has 0 bridgehead atoms. The van der Waals surface area contributed by atoms with Gasteiger partial charge < -0.3 is 5.32 Å². The lowest BCUT2D eigenvalue weighted by Gasteiger charge is -2.15. The maximum atomic E-state index is 13.0. The molecule has 2 heterocycles. The largest absolute Gasteiger partial charge is 0.337 e. The number of hydrogen-bond acceptors (Lipinski definition) is 6. The highest BCUT2D eigenvalue weighted by molar-refractivity contribution is 7.92. The summed E-state index contributed by atoms with van der Waals surface area (Å²) in [5.74, 6) is 0.418. The number of para-hydroxylation sites is 2. The first-order chi connectivity index (χ1) is 15.5. The van der Waals surface area contributed by atoms with E-state index in [1.54, 1.807) is 36.5 Å². The Hall–Kier alpha value is -4.04. The van der Waals surface area contributed by atoms with E-state index in [0.717, 1.165) is 22.2 Å². The van der Waals surface area contributed by atoms with Crippen molar-refractivity contribution in [1.82, 2.24) is 15.0 Å². The molecule has 0 aliphatic rings. The number of benzene rings is 3. The zero-order chi connectivity index (χ0) is 22.1. The van der Waals surface area contributed by atoms with Crippen LogP contribution in [0.25, 0.3) is 21.9 Å². The summed E-state index contributed by atoms with van der Waals surface area (Å²) in [5.41, 5.74) is 3.76. The van der Waals surface area contributed by atoms with Gasteiger partial charge in [0.25, 0.3) is 10.0 Å². The summed E-state index contributed by atoms with van der Waals surface area (Å²) < 4.78 is 28.7. The number of fused-ring (bicyclic) bond motifs is 2. The van der Waals surface area contributed by atoms with Crippen LogP contribution in [0.1, 0.15) is 5.56 Å². The third-order valence-corrected chi connectivity index (χ3v) is 6.39. The Morgan fingerprint density at radius 3 is 2.16 bits per heavy atom. The van der Waals surface area contributed by atoms with E-state index in [2.05, 4.69) is 25.0 Å². The fourth-order valence-electron chi connectivity index (χ4n) is 3.40. The van der Waals surface area contributed by atoms with Gasteiger partial charge in [-0.15, -0.1) is 0 Å². The molecule has 0 fully saturated rings. The van der Waals surface area contributed by atoms with Gasteiger partial charge in [-0.2, -0.15) is 0 Å². The van der Waals surface area contributed by atoms with Crippen molar-refractivity contribution in [1.29, 1.82) is 0 Å². The third kappa shape index (κ3) is 3.83. The van der Waals surface area contributed by atoms with Crippen molar-refractivity contribution in [2.24, 2.45) is 0 Å². The van der Waals surface area contributed by atoms with Crippen LogP contribution in [0, 0.1) is 6.92 Å². The second-order valence-corrected chi connectivity index (χ2v) is 9.01. The van der Waals surface area contributed by atoms with Crippen LogP contribution < -0.4 is 10.0 Å². The highest BCUT2D eigenvalue weighted by Gasteiger charge is 2.19. The molecular formula is C24H19N5O2S. The van der Waals surface area contributed by atoms with Crippen LogP contribution in [0.2, 0.25) is 0 Å². The molecule has 5 aromatic rings. The molecule has 0 aliphatic carbocycles. The Labute approximate surface area is 185 Å². The van der Waals surface area contributed by atoms with E-state index in [0.29, 0.717) is 16.9 Å². The maximum Gasteiger partial charge on any atom is 0.263 e. The van der Waals surface area contributed by atoms with Crippen LogP contribution in [0.15, 0.2) is 90.0 Å². The SMILES string of the molecule is Cc1ccc(S(=O)(=O)Nc2nc3ccccc3nc2Nc2cccc3ncccc23)cc1. The van der Waals surface area contributed by atoms with Crippen LogP contribution in [-0.2, 0) is 10.0 Å². The monoisotopic (exact) mass is 441 g/mol. The lowest BCUT2D eigenvalue weighted by molar-refractivity contribution is 0.601. The van der Waals surface area contributed by atoms with Gasteiger partial charge in [0.1, 0.15) is 0 Å². The van der Waals surface area contributed by atoms with E-state index in [9.17, 15) is 8.42 Å². The van der Waals surface area contributed by atoms with Crippen molar-refractivity contribution in [3.05, 3.63) is 90.6 Å². The van der Waals surface area contributed by atoms with Gasteiger partial charge in [0.2, 0.25) is 0 Å². The molecule has 0 saturated carbocycles. The molecule has 3 aromatic carbocycles. The average Bonchev–Trinajstić information content (AvgIpc) is 2.80. The minimum atomic E-state index is -3.86. The van der Waals surface area contributed by atoms with Crippen LogP contribution in [0.4, 0.5) is 17.3 Å². The van der Waals surface area contributed by atoms with Gasteiger partial charge in [-0.3, -0.25) is 9.71 Å². The molecule has 0 radical (unpaired) electrons. The molecule has 0 atom stereocenters. The lowest BCUT2D eigenvalue weighted by Crippen LogP contribution is -2.16. The Morgan fingerprint density at radius 2 is 1.41 bits per heavy atom. The summed E-state index contributed by atoms with van der Waals surface area (Å²) in [7, 11) is -3.86. The maximum absolute atomic E-state index is 13.0. The van der Waals surface area contributed by atoms with Gasteiger partial charge in [-0.1, -0.05) is 35.9 Å². The van der Waals surface area contributed by atoms with E-state index in [1.165, 1.54) is 0 Å². The number of aromatic nitrogens is 3. The van der Waals surface area contributed by atoms with Crippen molar-refractivity contribution in [2.45, 2.75) is 11.8 Å². The van der Waals surface area contributed by atoms with Gasteiger partial charge in [-0.05, 0) is 55.5 Å². The highest BCUT2D eigenvalue weighted by atomic mass is 32.2. The van der Waals surface area contributed by atoms with Crippen LogP contribution in [0.3, 0.4) is 0 Å². The molecule has 0 spiro atoms. The fourth-order valence-corrected chi connectivity index (χ4v) is 4.41. The number of rotatable bonds is 5. The molecule has 7 nitrogen and oxygen atoms in total. The molecule has 5 rings (SSSR count). The summed E-state index contributed by atoms with van der Waals surface area (Å²) in [6.45, 7) is 1.90. The minimum Gasteiger partial charge on any atom is -0.337 e. The average molecular weight is 442 g/mol.